The highest BCUT2D eigenvalue weighted by atomic mass is 31.0. The number of carbonyl (C=O) groups is 1. The van der Waals surface area contributed by atoms with Crippen LogP contribution in [0.5, 0.6) is 0 Å². The molecule has 0 aliphatic heterocycles. The second kappa shape index (κ2) is 8.92. The number of alkyl halides is 2. The van der Waals surface area contributed by atoms with Crippen molar-refractivity contribution in [2.75, 3.05) is 0 Å². The van der Waals surface area contributed by atoms with Gasteiger partial charge < -0.3 is 5.32 Å². The van der Waals surface area contributed by atoms with Crippen LogP contribution < -0.4 is 5.32 Å². The van der Waals surface area contributed by atoms with E-state index in [1.807, 2.05) is 36.4 Å². The summed E-state index contributed by atoms with van der Waals surface area (Å²) in [7, 11) is 1.64. The molecule has 2 aromatic rings. The number of hydrogen-bond acceptors (Lipinski definition) is 1. The summed E-state index contributed by atoms with van der Waals surface area (Å²) in [6.45, 7) is 3.85. The Kier molecular flexibility index (Phi) is 6.73. The molecule has 3 rings (SSSR count). The minimum Gasteiger partial charge on any atom is -0.346 e. The van der Waals surface area contributed by atoms with Gasteiger partial charge in [-0.05, 0) is 49.3 Å². The van der Waals surface area contributed by atoms with Gasteiger partial charge in [-0.1, -0.05) is 77.5 Å². The highest BCUT2D eigenvalue weighted by Crippen LogP contribution is 2.42. The Morgan fingerprint density at radius 3 is 2.34 bits per heavy atom. The van der Waals surface area contributed by atoms with Crippen LogP contribution in [0.2, 0.25) is 0 Å². The van der Waals surface area contributed by atoms with Crippen LogP contribution in [0, 0.1) is 12.8 Å². The van der Waals surface area contributed by atoms with Gasteiger partial charge in [0.05, 0.1) is 5.54 Å². The van der Waals surface area contributed by atoms with Gasteiger partial charge in [0.15, 0.2) is 0 Å². The number of benzene rings is 2. The van der Waals surface area contributed by atoms with Gasteiger partial charge in [-0.25, -0.2) is 0 Å². The van der Waals surface area contributed by atoms with Crippen molar-refractivity contribution in [3.05, 3.63) is 70.8 Å². The molecule has 1 aliphatic carbocycles. The molecule has 0 spiro atoms. The number of carbonyl (C=O) groups excluding carboxylic acids is 1. The molecule has 5 heteroatoms. The molecular formula is C24H30F2NOP. The van der Waals surface area contributed by atoms with Crippen molar-refractivity contribution in [1.82, 2.24) is 5.32 Å². The minimum absolute atomic E-state index is 0.00499. The first kappa shape index (κ1) is 21.9. The van der Waals surface area contributed by atoms with Gasteiger partial charge in [0.25, 0.3) is 5.66 Å². The van der Waals surface area contributed by atoms with Gasteiger partial charge in [-0.15, -0.1) is 0 Å². The summed E-state index contributed by atoms with van der Waals surface area (Å²) < 4.78 is 28.5. The topological polar surface area (TPSA) is 29.1 Å². The molecule has 0 bridgehead atoms. The van der Waals surface area contributed by atoms with Gasteiger partial charge in [0.2, 0.25) is 5.91 Å². The maximum absolute atomic E-state index is 14.2. The summed E-state index contributed by atoms with van der Waals surface area (Å²) in [5.41, 5.74) is -1.28. The molecule has 1 N–H and O–H groups in total. The Morgan fingerprint density at radius 2 is 1.76 bits per heavy atom. The van der Waals surface area contributed by atoms with E-state index >= 15 is 0 Å². The van der Waals surface area contributed by atoms with Crippen LogP contribution in [0.1, 0.15) is 61.3 Å². The van der Waals surface area contributed by atoms with Crippen molar-refractivity contribution < 1.29 is 13.6 Å². The molecule has 1 fully saturated rings. The van der Waals surface area contributed by atoms with Crippen LogP contribution in [0.3, 0.4) is 0 Å². The summed E-state index contributed by atoms with van der Waals surface area (Å²) in [5.74, 6) is 0.0953. The zero-order valence-electron chi connectivity index (χ0n) is 17.2. The number of unbranched alkanes of at least 4 members (excludes halogenated alkanes) is 1. The van der Waals surface area contributed by atoms with Gasteiger partial charge in [-0.3, -0.25) is 4.79 Å². The molecule has 2 nitrogen and oxygen atoms in total. The number of halogens is 2. The average molecular weight is 417 g/mol. The van der Waals surface area contributed by atoms with Crippen molar-refractivity contribution >= 4 is 15.1 Å². The standard InChI is InChI=1S/C24H30F2NOP/c1-3-4-15-23(27-22(28)19-13-14-19,16-18-9-6-5-7-10-18)20-11-8-12-21(17(20)2)24(25,26)29/h5-12,19H,3-4,13-16,29H2,1-2H3,(H,27,28)/t23-/m0/s1. The van der Waals surface area contributed by atoms with E-state index in [4.69, 9.17) is 0 Å². The predicted octanol–water partition coefficient (Wildman–Crippen LogP) is 6.07. The summed E-state index contributed by atoms with van der Waals surface area (Å²) in [6.07, 6.45) is 4.98. The number of amides is 1. The normalized spacial score (nSPS) is 16.3. The van der Waals surface area contributed by atoms with Gasteiger partial charge in [0, 0.05) is 11.5 Å². The largest absolute Gasteiger partial charge is 0.346 e. The lowest BCUT2D eigenvalue weighted by Gasteiger charge is -2.38. The van der Waals surface area contributed by atoms with E-state index in [9.17, 15) is 13.6 Å². The van der Waals surface area contributed by atoms with Crippen LogP contribution in [0.4, 0.5) is 8.78 Å². The quantitative estimate of drug-likeness (QED) is 0.493. The zero-order valence-corrected chi connectivity index (χ0v) is 18.3. The molecule has 0 heterocycles. The van der Waals surface area contributed by atoms with Crippen LogP contribution in [-0.2, 0) is 22.4 Å². The van der Waals surface area contributed by atoms with Crippen LogP contribution in [0.15, 0.2) is 48.5 Å². The Hall–Kier alpha value is -1.80. The lowest BCUT2D eigenvalue weighted by atomic mass is 9.76. The Balaban J connectivity index is 2.12. The van der Waals surface area contributed by atoms with E-state index in [2.05, 4.69) is 12.2 Å². The fourth-order valence-electron chi connectivity index (χ4n) is 4.11. The zero-order chi connectivity index (χ0) is 21.1. The maximum Gasteiger partial charge on any atom is 0.284 e. The second-order valence-electron chi connectivity index (χ2n) is 8.21. The van der Waals surface area contributed by atoms with Crippen molar-refractivity contribution in [2.45, 2.75) is 63.6 Å². The molecule has 1 amide bonds. The second-order valence-corrected chi connectivity index (χ2v) is 8.94. The Morgan fingerprint density at radius 1 is 1.10 bits per heavy atom. The van der Waals surface area contributed by atoms with Crippen molar-refractivity contribution in [3.63, 3.8) is 0 Å². The number of rotatable bonds is 9. The lowest BCUT2D eigenvalue weighted by molar-refractivity contribution is -0.124. The van der Waals surface area contributed by atoms with Crippen molar-refractivity contribution in [1.29, 1.82) is 0 Å². The number of nitrogens with one attached hydrogen (secondary N) is 1. The summed E-state index contributed by atoms with van der Waals surface area (Å²) in [5, 5.41) is 3.32. The summed E-state index contributed by atoms with van der Waals surface area (Å²) in [4.78, 5) is 12.9. The molecule has 1 saturated carbocycles. The highest BCUT2D eigenvalue weighted by molar-refractivity contribution is 7.17. The lowest BCUT2D eigenvalue weighted by Crippen LogP contribution is -2.49. The Labute approximate surface area is 174 Å². The van der Waals surface area contributed by atoms with E-state index in [0.717, 1.165) is 36.8 Å². The third-order valence-electron chi connectivity index (χ3n) is 5.82. The molecule has 1 aliphatic rings. The SMILES string of the molecule is CCCC[C@@](Cc1ccccc1)(NC(=O)C1CC1)c1cccc(C(F)(F)P)c1C. The van der Waals surface area contributed by atoms with Gasteiger partial charge in [-0.2, -0.15) is 8.78 Å². The van der Waals surface area contributed by atoms with Crippen molar-refractivity contribution in [2.24, 2.45) is 5.92 Å². The first-order chi connectivity index (χ1) is 13.8. The molecule has 0 radical (unpaired) electrons. The molecule has 0 saturated heterocycles. The van der Waals surface area contributed by atoms with E-state index in [1.165, 1.54) is 6.07 Å². The average Bonchev–Trinajstić information content (AvgIpc) is 3.51. The predicted molar refractivity (Wildman–Crippen MR) is 117 cm³/mol. The first-order valence-electron chi connectivity index (χ1n) is 10.4. The smallest absolute Gasteiger partial charge is 0.284 e. The molecular weight excluding hydrogens is 387 g/mol. The highest BCUT2D eigenvalue weighted by Gasteiger charge is 2.40. The fraction of sp³-hybridized carbons (Fsp3) is 0.458. The van der Waals surface area contributed by atoms with Gasteiger partial charge in [0.1, 0.15) is 0 Å². The van der Waals surface area contributed by atoms with Crippen LogP contribution in [0.25, 0.3) is 0 Å². The fourth-order valence-corrected chi connectivity index (χ4v) is 4.43. The molecule has 29 heavy (non-hydrogen) atoms. The third-order valence-corrected chi connectivity index (χ3v) is 6.14. The Bertz CT molecular complexity index is 846. The monoisotopic (exact) mass is 417 g/mol. The third kappa shape index (κ3) is 5.22. The maximum atomic E-state index is 14.2. The van der Waals surface area contributed by atoms with E-state index in [1.54, 1.807) is 22.2 Å². The molecule has 1 unspecified atom stereocenters. The molecule has 156 valence electrons. The molecule has 2 atom stereocenters. The van der Waals surface area contributed by atoms with E-state index in [0.29, 0.717) is 18.4 Å². The van der Waals surface area contributed by atoms with Crippen LogP contribution in [-0.4, -0.2) is 5.91 Å². The minimum atomic E-state index is -3.01. The molecule has 0 aromatic heterocycles. The number of hydrogen-bond donors (Lipinski definition) is 1. The van der Waals surface area contributed by atoms with Gasteiger partial charge >= 0.3 is 0 Å². The first-order valence-corrected chi connectivity index (χ1v) is 11.0. The van der Waals surface area contributed by atoms with Crippen molar-refractivity contribution in [3.8, 4) is 0 Å². The molecule has 2 aromatic carbocycles. The summed E-state index contributed by atoms with van der Waals surface area (Å²) in [6, 6.07) is 15.0. The van der Waals surface area contributed by atoms with E-state index < -0.39 is 11.2 Å². The van der Waals surface area contributed by atoms with Crippen LogP contribution >= 0.6 is 9.24 Å². The van der Waals surface area contributed by atoms with E-state index in [-0.39, 0.29) is 17.4 Å². The summed E-state index contributed by atoms with van der Waals surface area (Å²) >= 11 is 0.